The Morgan fingerprint density at radius 2 is 1.63 bits per heavy atom. The summed E-state index contributed by atoms with van der Waals surface area (Å²) in [7, 11) is 1.89. The zero-order valence-electron chi connectivity index (χ0n) is 26.8. The third kappa shape index (κ3) is 7.60. The van der Waals surface area contributed by atoms with Gasteiger partial charge in [-0.15, -0.1) is 0 Å². The number of carbonyl (C=O) groups is 3. The van der Waals surface area contributed by atoms with E-state index in [1.54, 1.807) is 24.3 Å². The monoisotopic (exact) mass is 711 g/mol. The van der Waals surface area contributed by atoms with Gasteiger partial charge in [-0.2, -0.15) is 13.2 Å². The molecule has 0 bridgehead atoms. The Kier molecular flexibility index (Phi) is 9.00. The van der Waals surface area contributed by atoms with E-state index < -0.39 is 23.0 Å². The van der Waals surface area contributed by atoms with E-state index in [9.17, 15) is 27.6 Å². The van der Waals surface area contributed by atoms with Crippen LogP contribution in [0.5, 0.6) is 17.2 Å². The summed E-state index contributed by atoms with van der Waals surface area (Å²) >= 11 is 0.999. The molecule has 4 amide bonds. The van der Waals surface area contributed by atoms with Gasteiger partial charge in [-0.1, -0.05) is 42.1 Å². The summed E-state index contributed by atoms with van der Waals surface area (Å²) in [5.74, 6) is 2.14. The van der Waals surface area contributed by atoms with Crippen molar-refractivity contribution in [2.75, 3.05) is 10.6 Å². The zero-order valence-corrected chi connectivity index (χ0v) is 27.6. The minimum Gasteiger partial charge on any atom is -0.486 e. The number of alkyl halides is 3. The van der Waals surface area contributed by atoms with Gasteiger partial charge < -0.3 is 24.7 Å². The lowest BCUT2D eigenvalue weighted by atomic mass is 10.1. The van der Waals surface area contributed by atoms with Crippen molar-refractivity contribution in [3.05, 3.63) is 120 Å². The third-order valence-corrected chi connectivity index (χ3v) is 9.21. The molecule has 258 valence electrons. The van der Waals surface area contributed by atoms with Gasteiger partial charge >= 0.3 is 12.2 Å². The molecule has 3 N–H and O–H groups in total. The van der Waals surface area contributed by atoms with Gasteiger partial charge in [0, 0.05) is 24.2 Å². The average molecular weight is 712 g/mol. The van der Waals surface area contributed by atoms with Crippen LogP contribution in [0.4, 0.5) is 34.1 Å². The summed E-state index contributed by atoms with van der Waals surface area (Å²) in [4.78, 5) is 40.8. The number of aryl methyl sites for hydroxylation is 1. The number of benzene rings is 5. The highest BCUT2D eigenvalue weighted by molar-refractivity contribution is 8.15. The van der Waals surface area contributed by atoms with E-state index >= 15 is 0 Å². The van der Waals surface area contributed by atoms with Gasteiger partial charge in [-0.3, -0.25) is 14.9 Å². The molecule has 1 fully saturated rings. The molecule has 1 aliphatic heterocycles. The van der Waals surface area contributed by atoms with Crippen molar-refractivity contribution >= 4 is 62.1 Å². The van der Waals surface area contributed by atoms with Crippen molar-refractivity contribution in [1.82, 2.24) is 14.9 Å². The summed E-state index contributed by atoms with van der Waals surface area (Å²) < 4.78 is 52.8. The topological polar surface area (TPSA) is 124 Å². The highest BCUT2D eigenvalue weighted by Gasteiger charge is 2.31. The van der Waals surface area contributed by atoms with Crippen LogP contribution in [0, 0.1) is 0 Å². The van der Waals surface area contributed by atoms with Crippen molar-refractivity contribution in [3.63, 3.8) is 0 Å². The van der Waals surface area contributed by atoms with Gasteiger partial charge in [-0.25, -0.2) is 9.78 Å². The molecule has 10 nitrogen and oxygen atoms in total. The number of anilines is 2. The molecule has 1 atom stereocenters. The van der Waals surface area contributed by atoms with E-state index in [0.29, 0.717) is 40.6 Å². The van der Waals surface area contributed by atoms with E-state index in [-0.39, 0.29) is 23.4 Å². The molecule has 7 rings (SSSR count). The normalized spacial score (nSPS) is 14.5. The van der Waals surface area contributed by atoms with E-state index in [4.69, 9.17) is 14.5 Å². The number of halogens is 3. The number of ether oxygens (including phenoxy) is 2. The van der Waals surface area contributed by atoms with E-state index in [2.05, 4.69) is 16.0 Å². The van der Waals surface area contributed by atoms with Crippen molar-refractivity contribution < 1.29 is 37.0 Å². The first-order chi connectivity index (χ1) is 24.5. The fraction of sp³-hybridized carbons (Fsp3) is 0.135. The number of amides is 4. The standard InChI is InChI=1S/C37H28F3N5O5S/c1-45-31-19-27(15-16-30(31)42-33(45)20-49-25-12-5-21(6-13-25)17-32-34(46)44-36(48)51-32)50-26-14-7-22-3-2-4-29(28(22)18-26)43-35(47)41-24-10-8-23(9-11-24)37(38,39)40/h2-16,18-19,32H,17,20H2,1H3,(H2,41,43,47)(H,44,46,48). The molecular weight excluding hydrogens is 683 g/mol. The number of aromatic nitrogens is 2. The number of rotatable bonds is 9. The third-order valence-electron chi connectivity index (χ3n) is 8.23. The molecule has 51 heavy (non-hydrogen) atoms. The molecule has 0 radical (unpaired) electrons. The molecule has 0 aliphatic carbocycles. The van der Waals surface area contributed by atoms with Crippen molar-refractivity contribution in [2.45, 2.75) is 24.5 Å². The van der Waals surface area contributed by atoms with Crippen molar-refractivity contribution in [3.8, 4) is 17.2 Å². The van der Waals surface area contributed by atoms with Gasteiger partial charge in [0.05, 0.1) is 27.5 Å². The van der Waals surface area contributed by atoms with E-state index in [1.807, 2.05) is 66.2 Å². The van der Waals surface area contributed by atoms with Crippen LogP contribution in [-0.4, -0.2) is 32.0 Å². The lowest BCUT2D eigenvalue weighted by Gasteiger charge is -2.13. The molecule has 6 aromatic rings. The first kappa shape index (κ1) is 33.5. The van der Waals surface area contributed by atoms with Gasteiger partial charge in [0.2, 0.25) is 5.91 Å². The lowest BCUT2D eigenvalue weighted by Crippen LogP contribution is -2.25. The van der Waals surface area contributed by atoms with Crippen LogP contribution in [0.3, 0.4) is 0 Å². The maximum absolute atomic E-state index is 12.9. The molecule has 1 unspecified atom stereocenters. The summed E-state index contributed by atoms with van der Waals surface area (Å²) in [6, 6.07) is 27.3. The minimum atomic E-state index is -4.47. The minimum absolute atomic E-state index is 0.211. The number of hydrogen-bond donors (Lipinski definition) is 3. The van der Waals surface area contributed by atoms with Crippen LogP contribution in [0.2, 0.25) is 0 Å². The highest BCUT2D eigenvalue weighted by atomic mass is 32.2. The Bertz CT molecular complexity index is 2290. The smallest absolute Gasteiger partial charge is 0.416 e. The number of thioether (sulfide) groups is 1. The van der Waals surface area contributed by atoms with Crippen LogP contribution in [-0.2, 0) is 31.0 Å². The lowest BCUT2D eigenvalue weighted by molar-refractivity contribution is -0.137. The maximum atomic E-state index is 12.9. The second kappa shape index (κ2) is 13.7. The number of urea groups is 1. The number of hydrogen-bond acceptors (Lipinski definition) is 7. The van der Waals surface area contributed by atoms with Gasteiger partial charge in [0.15, 0.2) is 0 Å². The van der Waals surface area contributed by atoms with Crippen molar-refractivity contribution in [1.29, 1.82) is 0 Å². The number of fused-ring (bicyclic) bond motifs is 2. The molecular formula is C37H28F3N5O5S. The van der Waals surface area contributed by atoms with E-state index in [0.717, 1.165) is 45.9 Å². The van der Waals surface area contributed by atoms with Gasteiger partial charge in [0.25, 0.3) is 5.24 Å². The SMILES string of the molecule is Cn1c(COc2ccc(CC3SC(=O)NC3=O)cc2)nc2ccc(Oc3ccc4cccc(NC(=O)Nc5ccc(C(F)(F)F)cc5)c4c3)cc21. The quantitative estimate of drug-likeness (QED) is 0.137. The molecule has 14 heteroatoms. The first-order valence-corrected chi connectivity index (χ1v) is 16.5. The van der Waals surface area contributed by atoms with Crippen LogP contribution in [0.1, 0.15) is 17.0 Å². The Morgan fingerprint density at radius 1 is 0.902 bits per heavy atom. The zero-order chi connectivity index (χ0) is 35.7. The van der Waals surface area contributed by atoms with Crippen LogP contribution in [0.15, 0.2) is 103 Å². The van der Waals surface area contributed by atoms with Crippen molar-refractivity contribution in [2.24, 2.45) is 7.05 Å². The Labute approximate surface area is 292 Å². The number of imide groups is 1. The Hall–Kier alpha value is -6.02. The fourth-order valence-electron chi connectivity index (χ4n) is 5.61. The largest absolute Gasteiger partial charge is 0.486 e. The molecule has 1 saturated heterocycles. The average Bonchev–Trinajstić information content (AvgIpc) is 3.59. The van der Waals surface area contributed by atoms with Gasteiger partial charge in [0.1, 0.15) is 29.7 Å². The number of imidazole rings is 1. The number of nitrogens with zero attached hydrogens (tertiary/aromatic N) is 2. The maximum Gasteiger partial charge on any atom is 0.416 e. The summed E-state index contributed by atoms with van der Waals surface area (Å²) in [6.45, 7) is 0.211. The molecule has 1 aliphatic rings. The van der Waals surface area contributed by atoms with Gasteiger partial charge in [-0.05, 0) is 84.1 Å². The first-order valence-electron chi connectivity index (χ1n) is 15.6. The Balaban J connectivity index is 1.01. The highest BCUT2D eigenvalue weighted by Crippen LogP contribution is 2.33. The number of carbonyl (C=O) groups excluding carboxylic acids is 3. The predicted octanol–water partition coefficient (Wildman–Crippen LogP) is 8.65. The van der Waals surface area contributed by atoms with Crippen LogP contribution < -0.4 is 25.4 Å². The summed E-state index contributed by atoms with van der Waals surface area (Å²) in [5, 5.41) is 8.41. The Morgan fingerprint density at radius 3 is 2.35 bits per heavy atom. The summed E-state index contributed by atoms with van der Waals surface area (Å²) in [6.07, 6.45) is -4.02. The summed E-state index contributed by atoms with van der Waals surface area (Å²) in [5.41, 5.74) is 2.39. The van der Waals surface area contributed by atoms with E-state index in [1.165, 1.54) is 12.1 Å². The second-order valence-corrected chi connectivity index (χ2v) is 12.9. The number of nitrogens with one attached hydrogen (secondary N) is 3. The predicted molar refractivity (Wildman–Crippen MR) is 188 cm³/mol. The molecule has 1 aromatic heterocycles. The molecule has 0 spiro atoms. The van der Waals surface area contributed by atoms with Crippen LogP contribution in [0.25, 0.3) is 21.8 Å². The molecule has 2 heterocycles. The molecule has 0 saturated carbocycles. The molecule has 5 aromatic carbocycles. The van der Waals surface area contributed by atoms with Crippen LogP contribution >= 0.6 is 11.8 Å². The fourth-order valence-corrected chi connectivity index (χ4v) is 6.47. The second-order valence-electron chi connectivity index (χ2n) is 11.7.